The highest BCUT2D eigenvalue weighted by Crippen LogP contribution is 2.21. The van der Waals surface area contributed by atoms with Gasteiger partial charge in [-0.15, -0.1) is 0 Å². The molecule has 0 aliphatic heterocycles. The van der Waals surface area contributed by atoms with E-state index in [0.717, 1.165) is 32.1 Å². The van der Waals surface area contributed by atoms with E-state index in [2.05, 4.69) is 20.8 Å². The Morgan fingerprint density at radius 3 is 1.83 bits per heavy atom. The maximum absolute atomic E-state index is 6.29. The Bertz CT molecular complexity index is 206. The summed E-state index contributed by atoms with van der Waals surface area (Å²) < 4.78 is 0. The molecule has 4 heteroatoms. The van der Waals surface area contributed by atoms with E-state index in [1.807, 2.05) is 0 Å². The quantitative estimate of drug-likeness (QED) is 0.354. The van der Waals surface area contributed by atoms with E-state index >= 15 is 0 Å². The average molecular weight is 258 g/mol. The van der Waals surface area contributed by atoms with Gasteiger partial charge in [-0.25, -0.2) is 0 Å². The zero-order valence-electron chi connectivity index (χ0n) is 12.5. The van der Waals surface area contributed by atoms with Crippen molar-refractivity contribution in [1.29, 1.82) is 0 Å². The van der Waals surface area contributed by atoms with Gasteiger partial charge in [-0.05, 0) is 46.5 Å². The standard InChI is InChI=1S/C14H34N4/c1-13(2,17)10-11-14(3,18)9-7-5-4-6-8-12(15)16/h12H,4-11,15-18H2,1-3H3. The lowest BCUT2D eigenvalue weighted by Gasteiger charge is -2.29. The fourth-order valence-corrected chi connectivity index (χ4v) is 2.00. The van der Waals surface area contributed by atoms with Crippen LogP contribution in [-0.4, -0.2) is 17.2 Å². The molecule has 0 aliphatic carbocycles. The van der Waals surface area contributed by atoms with E-state index in [1.165, 1.54) is 19.3 Å². The normalized spacial score (nSPS) is 16.0. The third kappa shape index (κ3) is 12.3. The smallest absolute Gasteiger partial charge is 0.0520 e. The van der Waals surface area contributed by atoms with Crippen molar-refractivity contribution >= 4 is 0 Å². The van der Waals surface area contributed by atoms with Gasteiger partial charge in [0.05, 0.1) is 6.17 Å². The number of nitrogens with two attached hydrogens (primary N) is 4. The molecule has 110 valence electrons. The molecule has 0 aromatic heterocycles. The van der Waals surface area contributed by atoms with Crippen molar-refractivity contribution in [2.24, 2.45) is 22.9 Å². The van der Waals surface area contributed by atoms with Crippen LogP contribution in [-0.2, 0) is 0 Å². The maximum atomic E-state index is 6.29. The van der Waals surface area contributed by atoms with Gasteiger partial charge in [0.15, 0.2) is 0 Å². The predicted molar refractivity (Wildman–Crippen MR) is 80.0 cm³/mol. The summed E-state index contributed by atoms with van der Waals surface area (Å²) in [6.07, 6.45) is 8.50. The van der Waals surface area contributed by atoms with Gasteiger partial charge < -0.3 is 22.9 Å². The second kappa shape index (κ2) is 8.10. The Morgan fingerprint density at radius 2 is 1.33 bits per heavy atom. The van der Waals surface area contributed by atoms with Crippen LogP contribution in [0.3, 0.4) is 0 Å². The molecule has 0 amide bonds. The van der Waals surface area contributed by atoms with Crippen LogP contribution in [0.15, 0.2) is 0 Å². The van der Waals surface area contributed by atoms with E-state index < -0.39 is 0 Å². The fourth-order valence-electron chi connectivity index (χ4n) is 2.00. The molecule has 1 atom stereocenters. The van der Waals surface area contributed by atoms with E-state index in [-0.39, 0.29) is 17.2 Å². The first kappa shape index (κ1) is 17.8. The molecule has 0 aromatic carbocycles. The first-order valence-corrected chi connectivity index (χ1v) is 7.21. The summed E-state index contributed by atoms with van der Waals surface area (Å²) in [6, 6.07) is 0. The molecule has 0 rings (SSSR count). The molecule has 4 nitrogen and oxygen atoms in total. The Labute approximate surface area is 113 Å². The summed E-state index contributed by atoms with van der Waals surface area (Å²) in [4.78, 5) is 0. The largest absolute Gasteiger partial charge is 0.326 e. The molecule has 0 aliphatic rings. The van der Waals surface area contributed by atoms with E-state index in [1.54, 1.807) is 0 Å². The molecule has 0 saturated heterocycles. The van der Waals surface area contributed by atoms with Gasteiger partial charge in [0.1, 0.15) is 0 Å². The monoisotopic (exact) mass is 258 g/mol. The first-order valence-electron chi connectivity index (χ1n) is 7.21. The Balaban J connectivity index is 3.58. The summed E-state index contributed by atoms with van der Waals surface area (Å²) in [5.41, 5.74) is 23.1. The molecular weight excluding hydrogens is 224 g/mol. The molecular formula is C14H34N4. The van der Waals surface area contributed by atoms with Crippen molar-refractivity contribution in [2.75, 3.05) is 0 Å². The highest BCUT2D eigenvalue weighted by atomic mass is 14.8. The van der Waals surface area contributed by atoms with Crippen LogP contribution >= 0.6 is 0 Å². The molecule has 0 fully saturated rings. The van der Waals surface area contributed by atoms with Crippen molar-refractivity contribution < 1.29 is 0 Å². The van der Waals surface area contributed by atoms with Crippen molar-refractivity contribution in [3.8, 4) is 0 Å². The minimum Gasteiger partial charge on any atom is -0.326 e. The van der Waals surface area contributed by atoms with Gasteiger partial charge >= 0.3 is 0 Å². The van der Waals surface area contributed by atoms with Crippen LogP contribution in [0.1, 0.15) is 72.1 Å². The summed E-state index contributed by atoms with van der Waals surface area (Å²) in [7, 11) is 0. The van der Waals surface area contributed by atoms with Crippen molar-refractivity contribution in [2.45, 2.75) is 89.4 Å². The molecule has 0 heterocycles. The minimum absolute atomic E-state index is 0.0824. The van der Waals surface area contributed by atoms with Crippen LogP contribution in [0, 0.1) is 0 Å². The third-order valence-electron chi connectivity index (χ3n) is 3.38. The van der Waals surface area contributed by atoms with E-state index in [9.17, 15) is 0 Å². The molecule has 0 aromatic rings. The molecule has 0 radical (unpaired) electrons. The third-order valence-corrected chi connectivity index (χ3v) is 3.38. The summed E-state index contributed by atoms with van der Waals surface area (Å²) in [5.74, 6) is 0. The van der Waals surface area contributed by atoms with Gasteiger partial charge in [-0.3, -0.25) is 0 Å². The molecule has 1 unspecified atom stereocenters. The van der Waals surface area contributed by atoms with E-state index in [0.29, 0.717) is 0 Å². The lowest BCUT2D eigenvalue weighted by Crippen LogP contribution is -2.41. The molecule has 0 bridgehead atoms. The average Bonchev–Trinajstić information content (AvgIpc) is 2.19. The van der Waals surface area contributed by atoms with Gasteiger partial charge in [0, 0.05) is 11.1 Å². The lowest BCUT2D eigenvalue weighted by molar-refractivity contribution is 0.328. The molecule has 0 saturated carbocycles. The highest BCUT2D eigenvalue weighted by molar-refractivity contribution is 4.83. The second-order valence-electron chi connectivity index (χ2n) is 6.76. The van der Waals surface area contributed by atoms with Crippen molar-refractivity contribution in [3.63, 3.8) is 0 Å². The van der Waals surface area contributed by atoms with Gasteiger partial charge in [0.2, 0.25) is 0 Å². The Hall–Kier alpha value is -0.160. The van der Waals surface area contributed by atoms with Crippen molar-refractivity contribution in [3.05, 3.63) is 0 Å². The lowest BCUT2D eigenvalue weighted by atomic mass is 9.86. The topological polar surface area (TPSA) is 104 Å². The van der Waals surface area contributed by atoms with Gasteiger partial charge in [0.25, 0.3) is 0 Å². The van der Waals surface area contributed by atoms with Crippen LogP contribution in [0.5, 0.6) is 0 Å². The summed E-state index contributed by atoms with van der Waals surface area (Å²) >= 11 is 0. The summed E-state index contributed by atoms with van der Waals surface area (Å²) in [6.45, 7) is 6.24. The zero-order chi connectivity index (χ0) is 14.2. The van der Waals surface area contributed by atoms with Gasteiger partial charge in [-0.1, -0.05) is 25.7 Å². The fraction of sp³-hybridized carbons (Fsp3) is 1.00. The number of hydrogen-bond acceptors (Lipinski definition) is 4. The first-order chi connectivity index (χ1) is 8.12. The number of unbranched alkanes of at least 4 members (excludes halogenated alkanes) is 3. The van der Waals surface area contributed by atoms with Crippen molar-refractivity contribution in [1.82, 2.24) is 0 Å². The SMILES string of the molecule is CC(C)(N)CCC(C)(N)CCCCCCC(N)N. The number of hydrogen-bond donors (Lipinski definition) is 4. The molecule has 0 spiro atoms. The molecule has 8 N–H and O–H groups in total. The van der Waals surface area contributed by atoms with Gasteiger partial charge in [-0.2, -0.15) is 0 Å². The minimum atomic E-state index is -0.156. The van der Waals surface area contributed by atoms with Crippen LogP contribution in [0.25, 0.3) is 0 Å². The van der Waals surface area contributed by atoms with E-state index in [4.69, 9.17) is 22.9 Å². The summed E-state index contributed by atoms with van der Waals surface area (Å²) in [5, 5.41) is 0. The molecule has 18 heavy (non-hydrogen) atoms. The highest BCUT2D eigenvalue weighted by Gasteiger charge is 2.21. The van der Waals surface area contributed by atoms with Crippen LogP contribution in [0.4, 0.5) is 0 Å². The maximum Gasteiger partial charge on any atom is 0.0520 e. The zero-order valence-corrected chi connectivity index (χ0v) is 12.5. The predicted octanol–water partition coefficient (Wildman–Crippen LogP) is 1.81. The van der Waals surface area contributed by atoms with Crippen LogP contribution < -0.4 is 22.9 Å². The van der Waals surface area contributed by atoms with Crippen LogP contribution in [0.2, 0.25) is 0 Å². The Morgan fingerprint density at radius 1 is 0.778 bits per heavy atom. The second-order valence-corrected chi connectivity index (χ2v) is 6.76. The Kier molecular flexibility index (Phi) is 8.03. The number of rotatable bonds is 10.